The van der Waals surface area contributed by atoms with Gasteiger partial charge in [0.05, 0.1) is 23.2 Å². The molecule has 0 radical (unpaired) electrons. The number of amides is 1. The second kappa shape index (κ2) is 9.11. The fraction of sp³-hybridized carbons (Fsp3) is 0.500. The Balaban J connectivity index is 1.63. The molecule has 1 aromatic carbocycles. The van der Waals surface area contributed by atoms with Crippen molar-refractivity contribution >= 4 is 17.2 Å². The molecule has 1 N–H and O–H groups in total. The molecule has 5 heteroatoms. The lowest BCUT2D eigenvalue weighted by Gasteiger charge is -2.31. The van der Waals surface area contributed by atoms with Crippen molar-refractivity contribution in [3.63, 3.8) is 0 Å². The summed E-state index contributed by atoms with van der Waals surface area (Å²) in [4.78, 5) is 19.3. The minimum atomic E-state index is 0.0565. The van der Waals surface area contributed by atoms with Crippen molar-refractivity contribution in [2.45, 2.75) is 45.1 Å². The molecule has 4 nitrogen and oxygen atoms in total. The number of likely N-dealkylation sites (tertiary alicyclic amines) is 1. The molecular formula is C20H27N3OS. The quantitative estimate of drug-likeness (QED) is 0.857. The van der Waals surface area contributed by atoms with Crippen LogP contribution >= 0.6 is 11.3 Å². The Kier molecular flexibility index (Phi) is 6.59. The Morgan fingerprint density at radius 1 is 1.20 bits per heavy atom. The largest absolute Gasteiger partial charge is 0.354 e. The van der Waals surface area contributed by atoms with Crippen LogP contribution < -0.4 is 5.32 Å². The molecule has 0 bridgehead atoms. The number of nitrogens with zero attached hydrogens (tertiary/aromatic N) is 2. The van der Waals surface area contributed by atoms with Crippen LogP contribution in [0.25, 0.3) is 0 Å². The third kappa shape index (κ3) is 5.38. The third-order valence-corrected chi connectivity index (χ3v) is 5.59. The van der Waals surface area contributed by atoms with Gasteiger partial charge in [0.25, 0.3) is 0 Å². The molecule has 134 valence electrons. The Morgan fingerprint density at radius 2 is 1.92 bits per heavy atom. The van der Waals surface area contributed by atoms with E-state index in [-0.39, 0.29) is 11.9 Å². The molecule has 0 aliphatic carbocycles. The number of hydrogen-bond acceptors (Lipinski definition) is 4. The van der Waals surface area contributed by atoms with Crippen LogP contribution in [0.3, 0.4) is 0 Å². The fourth-order valence-electron chi connectivity index (χ4n) is 3.47. The first-order chi connectivity index (χ1) is 12.2. The van der Waals surface area contributed by atoms with E-state index in [1.165, 1.54) is 31.2 Å². The number of thiazole rings is 1. The molecule has 2 heterocycles. The van der Waals surface area contributed by atoms with Gasteiger partial charge in [-0.05, 0) is 38.4 Å². The van der Waals surface area contributed by atoms with E-state index in [0.29, 0.717) is 13.0 Å². The van der Waals surface area contributed by atoms with Gasteiger partial charge in [0.1, 0.15) is 0 Å². The second-order valence-corrected chi connectivity index (χ2v) is 7.78. The van der Waals surface area contributed by atoms with E-state index in [4.69, 9.17) is 0 Å². The predicted molar refractivity (Wildman–Crippen MR) is 103 cm³/mol. The zero-order chi connectivity index (χ0) is 17.5. The van der Waals surface area contributed by atoms with Crippen LogP contribution in [0, 0.1) is 6.92 Å². The molecule has 0 unspecified atom stereocenters. The van der Waals surface area contributed by atoms with Crippen molar-refractivity contribution in [2.75, 3.05) is 19.6 Å². The normalized spacial score (nSPS) is 17.0. The number of carbonyl (C=O) groups excluding carboxylic acids is 1. The molecule has 25 heavy (non-hydrogen) atoms. The Labute approximate surface area is 154 Å². The number of aryl methyl sites for hydroxylation is 1. The van der Waals surface area contributed by atoms with E-state index >= 15 is 0 Å². The monoisotopic (exact) mass is 357 g/mol. The highest BCUT2D eigenvalue weighted by Crippen LogP contribution is 2.23. The molecule has 1 aromatic heterocycles. The maximum Gasteiger partial charge on any atom is 0.226 e. The van der Waals surface area contributed by atoms with Gasteiger partial charge in [-0.3, -0.25) is 9.69 Å². The van der Waals surface area contributed by atoms with Crippen LogP contribution in [0.5, 0.6) is 0 Å². The van der Waals surface area contributed by atoms with Crippen molar-refractivity contribution in [3.05, 3.63) is 52.0 Å². The van der Waals surface area contributed by atoms with Gasteiger partial charge in [-0.2, -0.15) is 0 Å². The van der Waals surface area contributed by atoms with Crippen LogP contribution in [0.15, 0.2) is 35.7 Å². The number of aromatic nitrogens is 1. The number of benzene rings is 1. The molecule has 0 saturated carbocycles. The summed E-state index contributed by atoms with van der Waals surface area (Å²) in [7, 11) is 0. The predicted octanol–water partition coefficient (Wildman–Crippen LogP) is 3.73. The van der Waals surface area contributed by atoms with Crippen molar-refractivity contribution < 1.29 is 4.79 Å². The average molecular weight is 358 g/mol. The van der Waals surface area contributed by atoms with Crippen LogP contribution in [-0.2, 0) is 11.2 Å². The van der Waals surface area contributed by atoms with Crippen LogP contribution in [-0.4, -0.2) is 35.4 Å². The summed E-state index contributed by atoms with van der Waals surface area (Å²) in [6.07, 6.45) is 5.48. The first kappa shape index (κ1) is 18.1. The topological polar surface area (TPSA) is 45.2 Å². The van der Waals surface area contributed by atoms with E-state index < -0.39 is 0 Å². The Hall–Kier alpha value is -1.72. The van der Waals surface area contributed by atoms with E-state index in [1.807, 2.05) is 18.4 Å². The van der Waals surface area contributed by atoms with Crippen LogP contribution in [0.1, 0.15) is 48.0 Å². The van der Waals surface area contributed by atoms with E-state index in [2.05, 4.69) is 39.5 Å². The van der Waals surface area contributed by atoms with Crippen molar-refractivity contribution in [2.24, 2.45) is 0 Å². The van der Waals surface area contributed by atoms with Crippen LogP contribution in [0.2, 0.25) is 0 Å². The van der Waals surface area contributed by atoms with Crippen molar-refractivity contribution in [1.29, 1.82) is 0 Å². The summed E-state index contributed by atoms with van der Waals surface area (Å²) in [5, 5.41) is 6.12. The van der Waals surface area contributed by atoms with E-state index in [0.717, 1.165) is 23.8 Å². The minimum absolute atomic E-state index is 0.0565. The molecular weight excluding hydrogens is 330 g/mol. The maximum atomic E-state index is 12.3. The summed E-state index contributed by atoms with van der Waals surface area (Å²) in [5.41, 5.74) is 2.15. The van der Waals surface area contributed by atoms with Gasteiger partial charge >= 0.3 is 0 Å². The number of rotatable bonds is 6. The van der Waals surface area contributed by atoms with Gasteiger partial charge < -0.3 is 5.32 Å². The lowest BCUT2D eigenvalue weighted by molar-refractivity contribution is -0.120. The summed E-state index contributed by atoms with van der Waals surface area (Å²) in [6.45, 7) is 4.85. The average Bonchev–Trinajstić information content (AvgIpc) is 2.86. The summed E-state index contributed by atoms with van der Waals surface area (Å²) in [5.74, 6) is 0.0565. The molecule has 0 spiro atoms. The van der Waals surface area contributed by atoms with E-state index in [1.54, 1.807) is 11.3 Å². The summed E-state index contributed by atoms with van der Waals surface area (Å²) in [6, 6.07) is 10.8. The standard InChI is InChI=1S/C20H27N3OS/c1-16-22-18(15-25-16)13-20(24)21-14-19(17-9-5-4-6-10-17)23-11-7-2-3-8-12-23/h4-6,9-10,15,19H,2-3,7-8,11-14H2,1H3,(H,21,24)/t19-/m0/s1. The number of hydrogen-bond donors (Lipinski definition) is 1. The van der Waals surface area contributed by atoms with Crippen molar-refractivity contribution in [3.8, 4) is 0 Å². The van der Waals surface area contributed by atoms with Crippen molar-refractivity contribution in [1.82, 2.24) is 15.2 Å². The highest BCUT2D eigenvalue weighted by Gasteiger charge is 2.22. The molecule has 1 aliphatic heterocycles. The Morgan fingerprint density at radius 3 is 2.56 bits per heavy atom. The van der Waals surface area contributed by atoms with Crippen LogP contribution in [0.4, 0.5) is 0 Å². The first-order valence-corrected chi connectivity index (χ1v) is 10.1. The second-order valence-electron chi connectivity index (χ2n) is 6.72. The zero-order valence-electron chi connectivity index (χ0n) is 14.9. The molecule has 1 fully saturated rings. The minimum Gasteiger partial charge on any atom is -0.354 e. The SMILES string of the molecule is Cc1nc(CC(=O)NC[C@@H](c2ccccc2)N2CCCCCC2)cs1. The molecule has 1 atom stereocenters. The molecule has 1 saturated heterocycles. The molecule has 3 rings (SSSR count). The molecule has 2 aromatic rings. The lowest BCUT2D eigenvalue weighted by Crippen LogP contribution is -2.39. The van der Waals surface area contributed by atoms with Gasteiger partial charge in [-0.15, -0.1) is 11.3 Å². The van der Waals surface area contributed by atoms with Gasteiger partial charge in [0, 0.05) is 11.9 Å². The smallest absolute Gasteiger partial charge is 0.226 e. The summed E-state index contributed by atoms with van der Waals surface area (Å²) < 4.78 is 0. The first-order valence-electron chi connectivity index (χ1n) is 9.19. The van der Waals surface area contributed by atoms with Gasteiger partial charge in [-0.1, -0.05) is 43.2 Å². The maximum absolute atomic E-state index is 12.3. The highest BCUT2D eigenvalue weighted by atomic mass is 32.1. The zero-order valence-corrected chi connectivity index (χ0v) is 15.7. The lowest BCUT2D eigenvalue weighted by atomic mass is 10.0. The highest BCUT2D eigenvalue weighted by molar-refractivity contribution is 7.09. The summed E-state index contributed by atoms with van der Waals surface area (Å²) >= 11 is 1.59. The molecule has 1 amide bonds. The number of nitrogens with one attached hydrogen (secondary N) is 1. The third-order valence-electron chi connectivity index (χ3n) is 4.77. The van der Waals surface area contributed by atoms with Gasteiger partial charge in [0.15, 0.2) is 0 Å². The molecule has 1 aliphatic rings. The van der Waals surface area contributed by atoms with Gasteiger partial charge in [0.2, 0.25) is 5.91 Å². The van der Waals surface area contributed by atoms with Gasteiger partial charge in [-0.25, -0.2) is 4.98 Å². The Bertz CT molecular complexity index is 663. The number of carbonyl (C=O) groups is 1. The fourth-order valence-corrected chi connectivity index (χ4v) is 4.08. The van der Waals surface area contributed by atoms with E-state index in [9.17, 15) is 4.79 Å².